The summed E-state index contributed by atoms with van der Waals surface area (Å²) in [5.41, 5.74) is -0.289. The minimum Gasteiger partial charge on any atom is -0.456 e. The van der Waals surface area contributed by atoms with Crippen molar-refractivity contribution in [1.82, 2.24) is 0 Å². The Hall–Kier alpha value is -0.0505. The maximum absolute atomic E-state index is 10.3. The molecule has 0 bridgehead atoms. The second-order valence-corrected chi connectivity index (χ2v) is 3.02. The van der Waals surface area contributed by atoms with Crippen molar-refractivity contribution in [2.24, 2.45) is 0 Å². The fourth-order valence-corrected chi connectivity index (χ4v) is 0.914. The summed E-state index contributed by atoms with van der Waals surface area (Å²) < 4.78 is 14.7. The predicted molar refractivity (Wildman–Crippen MR) is 30.4 cm³/mol. The summed E-state index contributed by atoms with van der Waals surface area (Å²) in [5.74, 6) is 0. The summed E-state index contributed by atoms with van der Waals surface area (Å²) in [6, 6.07) is 2.66. The van der Waals surface area contributed by atoms with Gasteiger partial charge in [0, 0.05) is 17.1 Å². The summed E-state index contributed by atoms with van der Waals surface area (Å²) in [4.78, 5) is 16.8. The Morgan fingerprint density at radius 2 is 2.10 bits per heavy atom. The number of furan rings is 1. The summed E-state index contributed by atoms with van der Waals surface area (Å²) in [5, 5.41) is 0. The molecule has 1 aromatic heterocycles. The van der Waals surface area contributed by atoms with E-state index in [1.54, 1.807) is 0 Å². The Morgan fingerprint density at radius 3 is 2.30 bits per heavy atom. The first-order valence-electron chi connectivity index (χ1n) is 2.20. The van der Waals surface area contributed by atoms with Crippen LogP contribution < -0.4 is 5.50 Å². The van der Waals surface area contributed by atoms with Crippen LogP contribution >= 0.6 is 7.60 Å². The molecule has 0 aliphatic rings. The first-order valence-corrected chi connectivity index (χ1v) is 3.81. The van der Waals surface area contributed by atoms with Crippen molar-refractivity contribution in [3.63, 3.8) is 0 Å². The van der Waals surface area contributed by atoms with E-state index in [-0.39, 0.29) is 22.6 Å². The van der Waals surface area contributed by atoms with Gasteiger partial charge in [0.2, 0.25) is 5.50 Å². The molecule has 0 atom stereocenters. The third-order valence-electron chi connectivity index (χ3n) is 0.793. The van der Waals surface area contributed by atoms with Crippen LogP contribution in [0.15, 0.2) is 22.8 Å². The van der Waals surface area contributed by atoms with Gasteiger partial charge in [-0.25, -0.2) is 0 Å². The molecular formula is C4H5CuO4P. The minimum atomic E-state index is -4.14. The Labute approximate surface area is 67.9 Å². The zero-order valence-corrected chi connectivity index (χ0v) is 6.53. The van der Waals surface area contributed by atoms with Crippen LogP contribution in [0.3, 0.4) is 0 Å². The topological polar surface area (TPSA) is 70.7 Å². The molecular weight excluding hydrogens is 207 g/mol. The Kier molecular flexibility index (Phi) is 3.36. The van der Waals surface area contributed by atoms with Crippen LogP contribution in [-0.2, 0) is 21.6 Å². The van der Waals surface area contributed by atoms with Crippen molar-refractivity contribution in [2.75, 3.05) is 0 Å². The van der Waals surface area contributed by atoms with Gasteiger partial charge in [-0.1, -0.05) is 0 Å². The molecule has 10 heavy (non-hydrogen) atoms. The average molecular weight is 212 g/mol. The maximum Gasteiger partial charge on any atom is 0.391 e. The van der Waals surface area contributed by atoms with Gasteiger partial charge in [0.1, 0.15) is 0 Å². The second kappa shape index (κ2) is 3.37. The summed E-state index contributed by atoms with van der Waals surface area (Å²) in [6.45, 7) is 0. The van der Waals surface area contributed by atoms with Crippen molar-refractivity contribution < 1.29 is 35.8 Å². The van der Waals surface area contributed by atoms with Gasteiger partial charge in [0.05, 0.1) is 6.26 Å². The van der Waals surface area contributed by atoms with Crippen molar-refractivity contribution in [1.29, 1.82) is 0 Å². The Morgan fingerprint density at radius 1 is 1.50 bits per heavy atom. The molecule has 1 aromatic rings. The van der Waals surface area contributed by atoms with Gasteiger partial charge >= 0.3 is 7.60 Å². The SMILES string of the molecule is O=P(O)(O)c1ccco1.[Cu]. The van der Waals surface area contributed by atoms with Gasteiger partial charge in [-0.15, -0.1) is 0 Å². The smallest absolute Gasteiger partial charge is 0.391 e. The molecule has 1 rings (SSSR count). The minimum absolute atomic E-state index is 0. The fourth-order valence-electron chi connectivity index (χ4n) is 0.436. The van der Waals surface area contributed by atoms with E-state index in [4.69, 9.17) is 9.79 Å². The Balaban J connectivity index is 0.000000810. The molecule has 0 amide bonds. The monoisotopic (exact) mass is 211 g/mol. The van der Waals surface area contributed by atoms with E-state index in [1.165, 1.54) is 18.4 Å². The van der Waals surface area contributed by atoms with E-state index >= 15 is 0 Å². The van der Waals surface area contributed by atoms with Gasteiger partial charge in [0.25, 0.3) is 0 Å². The van der Waals surface area contributed by atoms with E-state index in [1.807, 2.05) is 0 Å². The van der Waals surface area contributed by atoms with Crippen LogP contribution in [0.25, 0.3) is 0 Å². The predicted octanol–water partition coefficient (Wildman–Crippen LogP) is 0.0801. The van der Waals surface area contributed by atoms with Crippen molar-refractivity contribution in [2.45, 2.75) is 0 Å². The van der Waals surface area contributed by atoms with E-state index in [9.17, 15) is 4.57 Å². The molecule has 2 N–H and O–H groups in total. The van der Waals surface area contributed by atoms with E-state index < -0.39 is 7.60 Å². The van der Waals surface area contributed by atoms with Gasteiger partial charge in [0.15, 0.2) is 0 Å². The Bertz CT molecular complexity index is 225. The fraction of sp³-hybridized carbons (Fsp3) is 0. The molecule has 0 saturated carbocycles. The molecule has 0 aliphatic carbocycles. The van der Waals surface area contributed by atoms with E-state index in [0.717, 1.165) is 0 Å². The second-order valence-electron chi connectivity index (χ2n) is 1.50. The average Bonchev–Trinajstić information content (AvgIpc) is 2.08. The number of rotatable bonds is 1. The van der Waals surface area contributed by atoms with Crippen molar-refractivity contribution in [3.05, 3.63) is 18.4 Å². The van der Waals surface area contributed by atoms with Crippen LogP contribution in [0.1, 0.15) is 0 Å². The summed E-state index contributed by atoms with van der Waals surface area (Å²) in [7, 11) is -4.14. The van der Waals surface area contributed by atoms with Crippen LogP contribution in [-0.4, -0.2) is 9.79 Å². The van der Waals surface area contributed by atoms with Gasteiger partial charge < -0.3 is 14.2 Å². The number of hydrogen-bond acceptors (Lipinski definition) is 2. The van der Waals surface area contributed by atoms with Gasteiger partial charge in [-0.2, -0.15) is 0 Å². The largest absolute Gasteiger partial charge is 0.456 e. The first kappa shape index (κ1) is 9.95. The van der Waals surface area contributed by atoms with Crippen LogP contribution in [0, 0.1) is 0 Å². The summed E-state index contributed by atoms with van der Waals surface area (Å²) >= 11 is 0. The van der Waals surface area contributed by atoms with Crippen molar-refractivity contribution in [3.8, 4) is 0 Å². The van der Waals surface area contributed by atoms with Crippen LogP contribution in [0.5, 0.6) is 0 Å². The molecule has 0 aromatic carbocycles. The van der Waals surface area contributed by atoms with E-state index in [2.05, 4.69) is 4.42 Å². The molecule has 0 spiro atoms. The number of hydrogen-bond donors (Lipinski definition) is 2. The molecule has 1 heterocycles. The summed E-state index contributed by atoms with van der Waals surface area (Å²) in [6.07, 6.45) is 1.22. The van der Waals surface area contributed by atoms with Crippen LogP contribution in [0.2, 0.25) is 0 Å². The van der Waals surface area contributed by atoms with Gasteiger partial charge in [-0.3, -0.25) is 4.57 Å². The normalized spacial score (nSPS) is 10.6. The van der Waals surface area contributed by atoms with Crippen molar-refractivity contribution >= 4 is 13.1 Å². The first-order chi connectivity index (χ1) is 4.11. The van der Waals surface area contributed by atoms with Crippen LogP contribution in [0.4, 0.5) is 0 Å². The quantitative estimate of drug-likeness (QED) is 0.510. The molecule has 0 aliphatic heterocycles. The zero-order chi connectivity index (χ0) is 6.91. The molecule has 1 radical (unpaired) electrons. The molecule has 6 heteroatoms. The maximum atomic E-state index is 10.3. The van der Waals surface area contributed by atoms with Gasteiger partial charge in [-0.05, 0) is 12.1 Å². The third-order valence-corrected chi connectivity index (χ3v) is 1.62. The molecule has 0 saturated heterocycles. The molecule has 4 nitrogen and oxygen atoms in total. The standard InChI is InChI=1S/C4H5O4P.Cu/c5-9(6,7)4-2-1-3-8-4;/h1-3H,(H2,5,6,7);. The molecule has 0 fully saturated rings. The zero-order valence-electron chi connectivity index (χ0n) is 4.69. The molecule has 0 unspecified atom stereocenters. The molecule has 61 valence electrons. The third kappa shape index (κ3) is 2.29. The van der Waals surface area contributed by atoms with E-state index in [0.29, 0.717) is 0 Å².